The summed E-state index contributed by atoms with van der Waals surface area (Å²) in [7, 11) is 0. The first-order chi connectivity index (χ1) is 7.09. The second kappa shape index (κ2) is 3.27. The number of ether oxygens (including phenoxy) is 1. The summed E-state index contributed by atoms with van der Waals surface area (Å²) in [6.07, 6.45) is 0. The van der Waals surface area contributed by atoms with Crippen molar-refractivity contribution < 1.29 is 19.4 Å². The fourth-order valence-electron chi connectivity index (χ4n) is 1.42. The molecule has 1 aromatic carbocycles. The first-order valence-electron chi connectivity index (χ1n) is 4.44. The van der Waals surface area contributed by atoms with Crippen molar-refractivity contribution in [3.8, 4) is 5.75 Å². The first kappa shape index (κ1) is 9.51. The van der Waals surface area contributed by atoms with Crippen molar-refractivity contribution in [1.82, 2.24) is 0 Å². The molecule has 5 heteroatoms. The summed E-state index contributed by atoms with van der Waals surface area (Å²) >= 11 is 0. The fraction of sp³-hybridized carbons (Fsp3) is 0.200. The predicted molar refractivity (Wildman–Crippen MR) is 52.1 cm³/mol. The van der Waals surface area contributed by atoms with Gasteiger partial charge < -0.3 is 15.2 Å². The standard InChI is InChI=1S/C10H9NO4/c1-5-10(14)15-7-4-2-3-6(9(12)13)8(7)11-5/h2-5,11H,1H3,(H,12,13). The second-order valence-corrected chi connectivity index (χ2v) is 3.27. The quantitative estimate of drug-likeness (QED) is 0.532. The Morgan fingerprint density at radius 1 is 1.53 bits per heavy atom. The molecule has 0 saturated heterocycles. The zero-order chi connectivity index (χ0) is 11.0. The van der Waals surface area contributed by atoms with E-state index in [0.717, 1.165) is 0 Å². The summed E-state index contributed by atoms with van der Waals surface area (Å²) in [6.45, 7) is 1.61. The molecule has 1 heterocycles. The van der Waals surface area contributed by atoms with Gasteiger partial charge in [-0.2, -0.15) is 0 Å². The Morgan fingerprint density at radius 3 is 2.93 bits per heavy atom. The number of anilines is 1. The molecule has 0 fully saturated rings. The Balaban J connectivity index is 2.52. The third-order valence-electron chi connectivity index (χ3n) is 2.18. The normalized spacial score (nSPS) is 18.7. The van der Waals surface area contributed by atoms with Crippen LogP contribution in [0.25, 0.3) is 0 Å². The van der Waals surface area contributed by atoms with E-state index in [2.05, 4.69) is 5.32 Å². The first-order valence-corrected chi connectivity index (χ1v) is 4.44. The number of carboxylic acid groups (broad SMARTS) is 1. The average Bonchev–Trinajstić information content (AvgIpc) is 2.18. The molecule has 2 N–H and O–H groups in total. The Hall–Kier alpha value is -2.04. The van der Waals surface area contributed by atoms with Crippen molar-refractivity contribution in [2.24, 2.45) is 0 Å². The number of rotatable bonds is 1. The molecule has 1 aliphatic heterocycles. The fourth-order valence-corrected chi connectivity index (χ4v) is 1.42. The summed E-state index contributed by atoms with van der Waals surface area (Å²) in [6, 6.07) is 4.02. The smallest absolute Gasteiger partial charge is 0.337 e. The van der Waals surface area contributed by atoms with Gasteiger partial charge in [-0.1, -0.05) is 6.07 Å². The number of hydrogen-bond acceptors (Lipinski definition) is 4. The van der Waals surface area contributed by atoms with Gasteiger partial charge in [0.1, 0.15) is 6.04 Å². The molecule has 0 aromatic heterocycles. The molecule has 15 heavy (non-hydrogen) atoms. The van der Waals surface area contributed by atoms with E-state index in [1.165, 1.54) is 12.1 Å². The highest BCUT2D eigenvalue weighted by atomic mass is 16.5. The summed E-state index contributed by atoms with van der Waals surface area (Å²) in [5, 5.41) is 11.7. The SMILES string of the molecule is CC1Nc2c(cccc2C(=O)O)OC1=O. The van der Waals surface area contributed by atoms with E-state index < -0.39 is 18.0 Å². The Kier molecular flexibility index (Phi) is 2.07. The highest BCUT2D eigenvalue weighted by Gasteiger charge is 2.27. The highest BCUT2D eigenvalue weighted by Crippen LogP contribution is 2.32. The Bertz CT molecular complexity index is 441. The largest absolute Gasteiger partial charge is 0.478 e. The van der Waals surface area contributed by atoms with Crippen LogP contribution in [-0.4, -0.2) is 23.1 Å². The number of fused-ring (bicyclic) bond motifs is 1. The molecule has 1 atom stereocenters. The minimum absolute atomic E-state index is 0.104. The molecule has 0 saturated carbocycles. The molecule has 0 radical (unpaired) electrons. The van der Waals surface area contributed by atoms with Crippen molar-refractivity contribution in [3.63, 3.8) is 0 Å². The minimum Gasteiger partial charge on any atom is -0.478 e. The lowest BCUT2D eigenvalue weighted by molar-refractivity contribution is -0.135. The number of aromatic carboxylic acids is 1. The molecule has 78 valence electrons. The van der Waals surface area contributed by atoms with E-state index >= 15 is 0 Å². The maximum absolute atomic E-state index is 11.2. The van der Waals surface area contributed by atoms with Crippen LogP contribution in [-0.2, 0) is 4.79 Å². The van der Waals surface area contributed by atoms with E-state index in [1.54, 1.807) is 13.0 Å². The summed E-state index contributed by atoms with van der Waals surface area (Å²) in [4.78, 5) is 22.1. The number of carboxylic acids is 1. The lowest BCUT2D eigenvalue weighted by atomic mass is 10.1. The minimum atomic E-state index is -1.05. The van der Waals surface area contributed by atoms with Crippen molar-refractivity contribution in [3.05, 3.63) is 23.8 Å². The topological polar surface area (TPSA) is 75.6 Å². The van der Waals surface area contributed by atoms with Crippen LogP contribution in [0.1, 0.15) is 17.3 Å². The van der Waals surface area contributed by atoms with Crippen LogP contribution < -0.4 is 10.1 Å². The number of carbonyl (C=O) groups is 2. The van der Waals surface area contributed by atoms with E-state index in [0.29, 0.717) is 5.69 Å². The van der Waals surface area contributed by atoms with Crippen LogP contribution >= 0.6 is 0 Å². The maximum atomic E-state index is 11.2. The summed E-state index contributed by atoms with van der Waals surface area (Å²) < 4.78 is 4.97. The third-order valence-corrected chi connectivity index (χ3v) is 2.18. The van der Waals surface area contributed by atoms with Gasteiger partial charge in [0.15, 0.2) is 5.75 Å². The van der Waals surface area contributed by atoms with Crippen molar-refractivity contribution >= 4 is 17.6 Å². The molecule has 1 aliphatic rings. The molecule has 5 nitrogen and oxygen atoms in total. The van der Waals surface area contributed by atoms with Crippen LogP contribution in [0.3, 0.4) is 0 Å². The number of para-hydroxylation sites is 1. The van der Waals surface area contributed by atoms with Gasteiger partial charge in [-0.15, -0.1) is 0 Å². The number of hydrogen-bond donors (Lipinski definition) is 2. The molecule has 2 rings (SSSR count). The zero-order valence-electron chi connectivity index (χ0n) is 7.98. The molecule has 1 unspecified atom stereocenters. The Labute approximate surface area is 85.7 Å². The predicted octanol–water partition coefficient (Wildman–Crippen LogP) is 1.10. The van der Waals surface area contributed by atoms with E-state index in [1.807, 2.05) is 0 Å². The van der Waals surface area contributed by atoms with E-state index in [-0.39, 0.29) is 11.3 Å². The lowest BCUT2D eigenvalue weighted by Crippen LogP contribution is -2.35. The van der Waals surface area contributed by atoms with Crippen LogP contribution in [0.15, 0.2) is 18.2 Å². The van der Waals surface area contributed by atoms with Crippen LogP contribution in [0.4, 0.5) is 5.69 Å². The van der Waals surface area contributed by atoms with Gasteiger partial charge in [-0.05, 0) is 19.1 Å². The zero-order valence-corrected chi connectivity index (χ0v) is 7.98. The third kappa shape index (κ3) is 1.52. The van der Waals surface area contributed by atoms with Gasteiger partial charge >= 0.3 is 11.9 Å². The summed E-state index contributed by atoms with van der Waals surface area (Å²) in [5.41, 5.74) is 0.462. The van der Waals surface area contributed by atoms with Crippen molar-refractivity contribution in [1.29, 1.82) is 0 Å². The average molecular weight is 207 g/mol. The van der Waals surface area contributed by atoms with Gasteiger partial charge in [0.05, 0.1) is 11.3 Å². The van der Waals surface area contributed by atoms with Gasteiger partial charge in [-0.25, -0.2) is 9.59 Å². The second-order valence-electron chi connectivity index (χ2n) is 3.27. The van der Waals surface area contributed by atoms with Crippen molar-refractivity contribution in [2.75, 3.05) is 5.32 Å². The number of nitrogens with one attached hydrogen (secondary N) is 1. The van der Waals surface area contributed by atoms with Crippen LogP contribution in [0.2, 0.25) is 0 Å². The van der Waals surface area contributed by atoms with E-state index in [4.69, 9.17) is 9.84 Å². The van der Waals surface area contributed by atoms with Crippen molar-refractivity contribution in [2.45, 2.75) is 13.0 Å². The molecular formula is C10H9NO4. The molecule has 0 bridgehead atoms. The molecular weight excluding hydrogens is 198 g/mol. The summed E-state index contributed by atoms with van der Waals surface area (Å²) in [5.74, 6) is -1.20. The van der Waals surface area contributed by atoms with Gasteiger partial charge in [0, 0.05) is 0 Å². The molecule has 1 aromatic rings. The Morgan fingerprint density at radius 2 is 2.27 bits per heavy atom. The number of carbonyl (C=O) groups excluding carboxylic acids is 1. The molecule has 0 aliphatic carbocycles. The van der Waals surface area contributed by atoms with Gasteiger partial charge in [0.2, 0.25) is 0 Å². The van der Waals surface area contributed by atoms with Gasteiger partial charge in [-0.3, -0.25) is 0 Å². The molecule has 0 amide bonds. The van der Waals surface area contributed by atoms with Crippen LogP contribution in [0, 0.1) is 0 Å². The van der Waals surface area contributed by atoms with E-state index in [9.17, 15) is 9.59 Å². The monoisotopic (exact) mass is 207 g/mol. The molecule has 0 spiro atoms. The highest BCUT2D eigenvalue weighted by molar-refractivity contribution is 5.99. The number of esters is 1. The van der Waals surface area contributed by atoms with Crippen LogP contribution in [0.5, 0.6) is 5.75 Å². The van der Waals surface area contributed by atoms with Gasteiger partial charge in [0.25, 0.3) is 0 Å². The number of benzene rings is 1. The maximum Gasteiger partial charge on any atom is 0.337 e. The lowest BCUT2D eigenvalue weighted by Gasteiger charge is -2.23.